The maximum Gasteiger partial charge on any atom is 0.221 e. The van der Waals surface area contributed by atoms with Crippen LogP contribution < -0.4 is 5.32 Å². The Morgan fingerprint density at radius 2 is 2.04 bits per heavy atom. The summed E-state index contributed by atoms with van der Waals surface area (Å²) in [5, 5.41) is 2.98. The maximum atomic E-state index is 14.1. The van der Waals surface area contributed by atoms with Gasteiger partial charge in [-0.2, -0.15) is 4.39 Å². The molecule has 0 bridgehead atoms. The lowest BCUT2D eigenvalue weighted by Gasteiger charge is -2.06. The smallest absolute Gasteiger partial charge is 0.221 e. The molecule has 8 heteroatoms. The molecule has 0 unspecified atom stereocenters. The van der Waals surface area contributed by atoms with Gasteiger partial charge in [0.05, 0.1) is 14.7 Å². The highest BCUT2D eigenvalue weighted by Crippen LogP contribution is 2.39. The summed E-state index contributed by atoms with van der Waals surface area (Å²) in [6.45, 7) is 0.488. The number of rotatable bonds is 5. The lowest BCUT2D eigenvalue weighted by Crippen LogP contribution is -2.04. The average Bonchev–Trinajstić information content (AvgIpc) is 3.01. The zero-order valence-corrected chi connectivity index (χ0v) is 14.4. The second kappa shape index (κ2) is 6.76. The first kappa shape index (κ1) is 16.7. The molecule has 3 aromatic rings. The van der Waals surface area contributed by atoms with Crippen molar-refractivity contribution in [2.75, 3.05) is 7.05 Å². The van der Waals surface area contributed by atoms with E-state index in [1.54, 1.807) is 25.2 Å². The van der Waals surface area contributed by atoms with Gasteiger partial charge in [-0.05, 0) is 37.4 Å². The maximum absolute atomic E-state index is 14.1. The fourth-order valence-electron chi connectivity index (χ4n) is 2.26. The van der Waals surface area contributed by atoms with Crippen LogP contribution in [-0.4, -0.2) is 25.4 Å². The van der Waals surface area contributed by atoms with Crippen LogP contribution >= 0.6 is 11.3 Å². The first-order valence-corrected chi connectivity index (χ1v) is 9.37. The Morgan fingerprint density at radius 1 is 1.25 bits per heavy atom. The quantitative estimate of drug-likeness (QED) is 0.706. The van der Waals surface area contributed by atoms with E-state index < -0.39 is 15.8 Å². The highest BCUT2D eigenvalue weighted by atomic mass is 32.2. The van der Waals surface area contributed by atoms with Crippen molar-refractivity contribution < 1.29 is 12.8 Å². The third-order valence-electron chi connectivity index (χ3n) is 3.34. The molecule has 124 valence electrons. The molecule has 3 aromatic heterocycles. The highest BCUT2D eigenvalue weighted by molar-refractivity contribution is 7.91. The lowest BCUT2D eigenvalue weighted by molar-refractivity contribution is 0.587. The second-order valence-corrected chi connectivity index (χ2v) is 8.03. The molecule has 3 rings (SSSR count). The molecule has 0 radical (unpaired) electrons. The van der Waals surface area contributed by atoms with Crippen molar-refractivity contribution in [1.82, 2.24) is 15.3 Å². The number of thiophene rings is 1. The molecule has 0 spiro atoms. The number of halogens is 1. The molecule has 5 nitrogen and oxygen atoms in total. The van der Waals surface area contributed by atoms with Crippen molar-refractivity contribution >= 4 is 21.2 Å². The fourth-order valence-corrected chi connectivity index (χ4v) is 5.23. The van der Waals surface area contributed by atoms with E-state index in [0.717, 1.165) is 4.88 Å². The third kappa shape index (κ3) is 3.08. The van der Waals surface area contributed by atoms with Crippen LogP contribution in [0.1, 0.15) is 4.88 Å². The molecule has 24 heavy (non-hydrogen) atoms. The number of nitrogens with one attached hydrogen (secondary N) is 1. The fraction of sp³-hybridized carbons (Fsp3) is 0.125. The Hall–Kier alpha value is -2.16. The van der Waals surface area contributed by atoms with Crippen LogP contribution in [0.15, 0.2) is 58.7 Å². The van der Waals surface area contributed by atoms with E-state index in [4.69, 9.17) is 0 Å². The number of sulfone groups is 1. The second-order valence-electron chi connectivity index (χ2n) is 4.97. The molecule has 0 aliphatic rings. The first-order chi connectivity index (χ1) is 11.5. The van der Waals surface area contributed by atoms with Gasteiger partial charge in [-0.3, -0.25) is 4.98 Å². The van der Waals surface area contributed by atoms with Crippen LogP contribution in [0, 0.1) is 5.95 Å². The largest absolute Gasteiger partial charge is 0.315 e. The van der Waals surface area contributed by atoms with Crippen LogP contribution in [0.3, 0.4) is 0 Å². The summed E-state index contributed by atoms with van der Waals surface area (Å²) < 4.78 is 40.0. The summed E-state index contributed by atoms with van der Waals surface area (Å²) in [5.41, 5.74) is 0.173. The summed E-state index contributed by atoms with van der Waals surface area (Å²) in [7, 11) is -2.04. The van der Waals surface area contributed by atoms with E-state index in [0.29, 0.717) is 11.4 Å². The molecule has 0 fully saturated rings. The van der Waals surface area contributed by atoms with Gasteiger partial charge in [0.1, 0.15) is 0 Å². The summed E-state index contributed by atoms with van der Waals surface area (Å²) >= 11 is 1.23. The van der Waals surface area contributed by atoms with Crippen LogP contribution in [0.5, 0.6) is 0 Å². The summed E-state index contributed by atoms with van der Waals surface area (Å²) in [4.78, 5) is 8.76. The van der Waals surface area contributed by atoms with Crippen molar-refractivity contribution in [1.29, 1.82) is 0 Å². The number of hydrogen-bond donors (Lipinski definition) is 1. The Kier molecular flexibility index (Phi) is 4.70. The van der Waals surface area contributed by atoms with Gasteiger partial charge in [0.2, 0.25) is 15.8 Å². The molecule has 0 atom stereocenters. The zero-order valence-electron chi connectivity index (χ0n) is 12.7. The van der Waals surface area contributed by atoms with Crippen molar-refractivity contribution in [3.8, 4) is 10.4 Å². The van der Waals surface area contributed by atoms with Gasteiger partial charge < -0.3 is 5.32 Å². The summed E-state index contributed by atoms with van der Waals surface area (Å²) in [6.07, 6.45) is 4.12. The molecule has 3 heterocycles. The number of nitrogens with zero attached hydrogens (tertiary/aromatic N) is 2. The molecule has 0 aliphatic carbocycles. The van der Waals surface area contributed by atoms with Gasteiger partial charge in [-0.15, -0.1) is 11.3 Å². The Bertz CT molecular complexity index is 956. The number of aromatic nitrogens is 2. The SMILES string of the molecule is CNCc1cc(S(=O)(=O)c2cccnc2)c(-c2cccnc2F)s1. The first-order valence-electron chi connectivity index (χ1n) is 7.07. The zero-order chi connectivity index (χ0) is 17.2. The van der Waals surface area contributed by atoms with Crippen molar-refractivity contribution in [3.63, 3.8) is 0 Å². The van der Waals surface area contributed by atoms with Crippen molar-refractivity contribution in [2.24, 2.45) is 0 Å². The average molecular weight is 363 g/mol. The topological polar surface area (TPSA) is 72.0 Å². The van der Waals surface area contributed by atoms with Gasteiger partial charge >= 0.3 is 0 Å². The van der Waals surface area contributed by atoms with E-state index in [9.17, 15) is 12.8 Å². The van der Waals surface area contributed by atoms with Gasteiger partial charge in [-0.1, -0.05) is 0 Å². The standard InChI is InChI=1S/C16H14FN3O2S2/c1-18-9-11-8-14(24(21,22)12-4-2-6-19-10-12)15(23-11)13-5-3-7-20-16(13)17/h2-8,10,18H,9H2,1H3. The molecular weight excluding hydrogens is 349 g/mol. The minimum atomic E-state index is -3.81. The van der Waals surface area contributed by atoms with Crippen molar-refractivity contribution in [2.45, 2.75) is 16.3 Å². The predicted molar refractivity (Wildman–Crippen MR) is 90.0 cm³/mol. The molecule has 0 aromatic carbocycles. The molecule has 0 aliphatic heterocycles. The molecular formula is C16H14FN3O2S2. The monoisotopic (exact) mass is 363 g/mol. The molecule has 0 saturated carbocycles. The van der Waals surface area contributed by atoms with Crippen LogP contribution in [-0.2, 0) is 16.4 Å². The minimum absolute atomic E-state index is 0.0673. The van der Waals surface area contributed by atoms with E-state index >= 15 is 0 Å². The van der Waals surface area contributed by atoms with E-state index in [2.05, 4.69) is 15.3 Å². The van der Waals surface area contributed by atoms with Crippen LogP contribution in [0.2, 0.25) is 0 Å². The Balaban J connectivity index is 2.23. The van der Waals surface area contributed by atoms with Gasteiger partial charge in [0.25, 0.3) is 0 Å². The van der Waals surface area contributed by atoms with E-state index in [1.807, 2.05) is 0 Å². The van der Waals surface area contributed by atoms with Gasteiger partial charge in [-0.25, -0.2) is 13.4 Å². The Labute approximate surface area is 143 Å². The predicted octanol–water partition coefficient (Wildman–Crippen LogP) is 2.90. The number of pyridine rings is 2. The lowest BCUT2D eigenvalue weighted by atomic mass is 10.2. The van der Waals surface area contributed by atoms with E-state index in [-0.39, 0.29) is 15.4 Å². The highest BCUT2D eigenvalue weighted by Gasteiger charge is 2.26. The van der Waals surface area contributed by atoms with Gasteiger partial charge in [0, 0.05) is 35.6 Å². The molecule has 0 saturated heterocycles. The summed E-state index contributed by atoms with van der Waals surface area (Å²) in [6, 6.07) is 7.71. The van der Waals surface area contributed by atoms with Crippen LogP contribution in [0.25, 0.3) is 10.4 Å². The van der Waals surface area contributed by atoms with Crippen LogP contribution in [0.4, 0.5) is 4.39 Å². The normalized spacial score (nSPS) is 11.6. The van der Waals surface area contributed by atoms with Crippen molar-refractivity contribution in [3.05, 3.63) is 59.7 Å². The third-order valence-corrected chi connectivity index (χ3v) is 6.40. The van der Waals surface area contributed by atoms with E-state index in [1.165, 1.54) is 42.1 Å². The van der Waals surface area contributed by atoms with Gasteiger partial charge in [0.15, 0.2) is 0 Å². The Morgan fingerprint density at radius 3 is 2.71 bits per heavy atom. The molecule has 0 amide bonds. The number of hydrogen-bond acceptors (Lipinski definition) is 6. The minimum Gasteiger partial charge on any atom is -0.315 e. The molecule has 1 N–H and O–H groups in total. The summed E-state index contributed by atoms with van der Waals surface area (Å²) in [5.74, 6) is -0.696.